The molecule has 0 aliphatic carbocycles. The second kappa shape index (κ2) is 3.17. The fraction of sp³-hybridized carbons (Fsp3) is 0.333. The van der Waals surface area contributed by atoms with E-state index in [0.717, 1.165) is 0 Å². The number of rotatable bonds is 1. The molecule has 0 atom stereocenters. The number of nitrogens with two attached hydrogens (primary N) is 1. The summed E-state index contributed by atoms with van der Waals surface area (Å²) in [5, 5.41) is 4.03. The third-order valence-electron chi connectivity index (χ3n) is 1.51. The van der Waals surface area contributed by atoms with Gasteiger partial charge in [0, 0.05) is 0 Å². The van der Waals surface area contributed by atoms with E-state index in [1.165, 1.54) is 5.10 Å². The van der Waals surface area contributed by atoms with Crippen LogP contribution in [0.25, 0.3) is 0 Å². The lowest BCUT2D eigenvalue weighted by Gasteiger charge is -2.18. The highest BCUT2D eigenvalue weighted by Gasteiger charge is 2.60. The zero-order chi connectivity index (χ0) is 11.9. The number of aromatic nitrogens is 2. The highest BCUT2D eigenvalue weighted by atomic mass is 19.4. The van der Waals surface area contributed by atoms with Crippen LogP contribution in [0.15, 0.2) is 10.9 Å². The predicted molar refractivity (Wildman–Crippen MR) is 39.2 cm³/mol. The van der Waals surface area contributed by atoms with E-state index in [0.29, 0.717) is 0 Å². The maximum Gasteiger partial charge on any atom is 0.459 e. The number of H-pyrrole nitrogens is 1. The first-order chi connectivity index (χ1) is 6.66. The fourth-order valence-electron chi connectivity index (χ4n) is 0.727. The van der Waals surface area contributed by atoms with Gasteiger partial charge in [0.1, 0.15) is 11.4 Å². The number of aromatic amines is 1. The molecule has 0 bridgehead atoms. The summed E-state index contributed by atoms with van der Waals surface area (Å²) in [5.74, 6) is -5.15. The zero-order valence-corrected chi connectivity index (χ0v) is 6.90. The van der Waals surface area contributed by atoms with Crippen LogP contribution in [0.5, 0.6) is 0 Å². The first-order valence-corrected chi connectivity index (χ1v) is 3.46. The van der Waals surface area contributed by atoms with Crippen LogP contribution in [0.1, 0.15) is 5.69 Å². The Morgan fingerprint density at radius 3 is 2.20 bits per heavy atom. The molecule has 0 amide bonds. The number of nitrogens with one attached hydrogen (secondary N) is 1. The number of alkyl halides is 5. The number of hydrogen-bond donors (Lipinski definition) is 2. The molecule has 0 aliphatic heterocycles. The predicted octanol–water partition coefficient (Wildman–Crippen LogP) is 1.01. The molecule has 0 radical (unpaired) electrons. The first-order valence-electron chi connectivity index (χ1n) is 3.46. The minimum Gasteiger partial charge on any atom is -0.394 e. The van der Waals surface area contributed by atoms with E-state index in [9.17, 15) is 26.7 Å². The molecular formula is C6H4F5N3O. The molecule has 84 valence electrons. The lowest BCUT2D eigenvalue weighted by molar-refractivity contribution is -0.291. The van der Waals surface area contributed by atoms with Crippen molar-refractivity contribution in [3.8, 4) is 0 Å². The molecule has 3 N–H and O–H groups in total. The summed E-state index contributed by atoms with van der Waals surface area (Å²) in [5.41, 5.74) is 1.44. The van der Waals surface area contributed by atoms with Gasteiger partial charge in [0.15, 0.2) is 0 Å². The maximum atomic E-state index is 12.6. The Balaban J connectivity index is 3.28. The van der Waals surface area contributed by atoms with Gasteiger partial charge >= 0.3 is 12.1 Å². The first kappa shape index (κ1) is 11.4. The lowest BCUT2D eigenvalue weighted by atomic mass is 10.2. The summed E-state index contributed by atoms with van der Waals surface area (Å²) < 4.78 is 60.7. The number of hydrogen-bond acceptors (Lipinski definition) is 3. The minimum atomic E-state index is -5.79. The molecule has 1 heterocycles. The molecule has 1 aromatic rings. The van der Waals surface area contributed by atoms with Crippen LogP contribution in [0.4, 0.5) is 27.6 Å². The van der Waals surface area contributed by atoms with Gasteiger partial charge in [-0.3, -0.25) is 4.79 Å². The summed E-state index contributed by atoms with van der Waals surface area (Å²) >= 11 is 0. The molecule has 1 rings (SSSR count). The van der Waals surface area contributed by atoms with Gasteiger partial charge in [-0.05, 0) is 6.07 Å². The van der Waals surface area contributed by atoms with Crippen molar-refractivity contribution >= 4 is 5.69 Å². The van der Waals surface area contributed by atoms with Crippen molar-refractivity contribution in [2.45, 2.75) is 12.1 Å². The summed E-state index contributed by atoms with van der Waals surface area (Å²) in [4.78, 5) is 10.6. The van der Waals surface area contributed by atoms with Crippen LogP contribution in [-0.4, -0.2) is 16.4 Å². The Labute approximate surface area is 78.9 Å². The van der Waals surface area contributed by atoms with Crippen molar-refractivity contribution in [3.05, 3.63) is 22.1 Å². The van der Waals surface area contributed by atoms with E-state index in [1.54, 1.807) is 0 Å². The van der Waals surface area contributed by atoms with Crippen molar-refractivity contribution in [1.29, 1.82) is 0 Å². The zero-order valence-electron chi connectivity index (χ0n) is 6.90. The second-order valence-electron chi connectivity index (χ2n) is 2.61. The van der Waals surface area contributed by atoms with E-state index in [-0.39, 0.29) is 6.07 Å². The molecule has 0 saturated heterocycles. The topological polar surface area (TPSA) is 71.8 Å². The Kier molecular flexibility index (Phi) is 2.41. The van der Waals surface area contributed by atoms with E-state index in [4.69, 9.17) is 5.73 Å². The molecule has 0 aliphatic rings. The number of halogens is 5. The Morgan fingerprint density at radius 1 is 1.27 bits per heavy atom. The second-order valence-corrected chi connectivity index (χ2v) is 2.61. The van der Waals surface area contributed by atoms with E-state index in [2.05, 4.69) is 5.10 Å². The van der Waals surface area contributed by atoms with Crippen molar-refractivity contribution in [3.63, 3.8) is 0 Å². The third kappa shape index (κ3) is 1.90. The van der Waals surface area contributed by atoms with Gasteiger partial charge < -0.3 is 5.73 Å². The molecule has 0 fully saturated rings. The van der Waals surface area contributed by atoms with E-state index in [1.807, 2.05) is 0 Å². The SMILES string of the molecule is Nc1cc(C(F)(F)C(F)(F)F)n[nH]c1=O. The molecule has 15 heavy (non-hydrogen) atoms. The molecule has 0 unspecified atom stereocenters. The van der Waals surface area contributed by atoms with Crippen molar-refractivity contribution in [2.75, 3.05) is 5.73 Å². The van der Waals surface area contributed by atoms with Gasteiger partial charge in [0.25, 0.3) is 5.56 Å². The van der Waals surface area contributed by atoms with Crippen LogP contribution < -0.4 is 11.3 Å². The molecule has 0 saturated carbocycles. The Bertz CT molecular complexity index is 424. The summed E-state index contributed by atoms with van der Waals surface area (Å²) in [6.45, 7) is 0. The number of nitrogens with zero attached hydrogens (tertiary/aromatic N) is 1. The average Bonchev–Trinajstić information content (AvgIpc) is 2.07. The smallest absolute Gasteiger partial charge is 0.394 e. The third-order valence-corrected chi connectivity index (χ3v) is 1.51. The number of nitrogen functional groups attached to an aromatic ring is 1. The highest BCUT2D eigenvalue weighted by Crippen LogP contribution is 2.42. The molecule has 0 aromatic carbocycles. The molecule has 0 spiro atoms. The van der Waals surface area contributed by atoms with E-state index >= 15 is 0 Å². The van der Waals surface area contributed by atoms with Crippen molar-refractivity contribution < 1.29 is 22.0 Å². The van der Waals surface area contributed by atoms with Gasteiger partial charge in [-0.15, -0.1) is 0 Å². The largest absolute Gasteiger partial charge is 0.459 e. The number of anilines is 1. The Morgan fingerprint density at radius 2 is 1.80 bits per heavy atom. The van der Waals surface area contributed by atoms with Crippen LogP contribution in [0.2, 0.25) is 0 Å². The monoisotopic (exact) mass is 229 g/mol. The van der Waals surface area contributed by atoms with Crippen LogP contribution >= 0.6 is 0 Å². The maximum absolute atomic E-state index is 12.6. The summed E-state index contributed by atoms with van der Waals surface area (Å²) in [7, 11) is 0. The summed E-state index contributed by atoms with van der Waals surface area (Å²) in [6, 6.07) is 0.187. The molecule has 9 heteroatoms. The average molecular weight is 229 g/mol. The molecule has 1 aromatic heterocycles. The van der Waals surface area contributed by atoms with Crippen LogP contribution in [0.3, 0.4) is 0 Å². The molecular weight excluding hydrogens is 225 g/mol. The van der Waals surface area contributed by atoms with Gasteiger partial charge in [0.05, 0.1) is 0 Å². The van der Waals surface area contributed by atoms with E-state index < -0.39 is 29.0 Å². The van der Waals surface area contributed by atoms with Gasteiger partial charge in [-0.2, -0.15) is 27.1 Å². The van der Waals surface area contributed by atoms with Crippen LogP contribution in [0, 0.1) is 0 Å². The minimum absolute atomic E-state index is 0.187. The van der Waals surface area contributed by atoms with Crippen LogP contribution in [-0.2, 0) is 5.92 Å². The fourth-order valence-corrected chi connectivity index (χ4v) is 0.727. The quantitative estimate of drug-likeness (QED) is 0.706. The lowest BCUT2D eigenvalue weighted by Crippen LogP contribution is -2.35. The normalized spacial score (nSPS) is 12.9. The van der Waals surface area contributed by atoms with Gasteiger partial charge in [-0.1, -0.05) is 0 Å². The standard InChI is InChI=1S/C6H4F5N3O/c7-5(8,6(9,10)11)3-1-2(12)4(15)14-13-3/h1H,(H2,12,13)(H,14,15). The van der Waals surface area contributed by atoms with Gasteiger partial charge in [-0.25, -0.2) is 5.10 Å². The highest BCUT2D eigenvalue weighted by molar-refractivity contribution is 5.36. The van der Waals surface area contributed by atoms with Crippen molar-refractivity contribution in [1.82, 2.24) is 10.2 Å². The molecule has 4 nitrogen and oxygen atoms in total. The Hall–Kier alpha value is -1.67. The van der Waals surface area contributed by atoms with Gasteiger partial charge in [0.2, 0.25) is 0 Å². The van der Waals surface area contributed by atoms with Crippen molar-refractivity contribution in [2.24, 2.45) is 0 Å². The summed E-state index contributed by atoms with van der Waals surface area (Å²) in [6.07, 6.45) is -5.79.